The second kappa shape index (κ2) is 6.54. The molecular weight excluding hydrogens is 316 g/mol. The molecule has 1 aromatic heterocycles. The summed E-state index contributed by atoms with van der Waals surface area (Å²) in [5, 5.41) is 1.12. The number of benzene rings is 1. The van der Waals surface area contributed by atoms with Gasteiger partial charge >= 0.3 is 0 Å². The minimum absolute atomic E-state index is 0.0577. The Labute approximate surface area is 147 Å². The molecule has 2 aliphatic rings. The van der Waals surface area contributed by atoms with Crippen molar-refractivity contribution < 1.29 is 14.3 Å². The molecule has 5 heteroatoms. The van der Waals surface area contributed by atoms with Crippen molar-refractivity contribution in [2.24, 2.45) is 23.5 Å². The van der Waals surface area contributed by atoms with Gasteiger partial charge in [0, 0.05) is 16.9 Å². The van der Waals surface area contributed by atoms with Gasteiger partial charge in [0.25, 0.3) is 0 Å². The van der Waals surface area contributed by atoms with Crippen LogP contribution in [0, 0.1) is 17.8 Å². The Morgan fingerprint density at radius 2 is 2.04 bits per heavy atom. The van der Waals surface area contributed by atoms with E-state index in [4.69, 9.17) is 15.2 Å². The van der Waals surface area contributed by atoms with Crippen LogP contribution in [0.2, 0.25) is 0 Å². The summed E-state index contributed by atoms with van der Waals surface area (Å²) in [5.41, 5.74) is 7.67. The third-order valence-electron chi connectivity index (χ3n) is 5.91. The van der Waals surface area contributed by atoms with E-state index in [0.717, 1.165) is 61.1 Å². The van der Waals surface area contributed by atoms with Crippen LogP contribution in [0.1, 0.15) is 31.2 Å². The first-order valence-corrected chi connectivity index (χ1v) is 9.03. The lowest BCUT2D eigenvalue weighted by molar-refractivity contribution is -0.123. The molecule has 0 saturated heterocycles. The highest BCUT2D eigenvalue weighted by molar-refractivity contribution is 5.85. The van der Waals surface area contributed by atoms with Crippen LogP contribution < -0.4 is 15.2 Å². The predicted molar refractivity (Wildman–Crippen MR) is 95.6 cm³/mol. The molecule has 25 heavy (non-hydrogen) atoms. The average Bonchev–Trinajstić information content (AvgIpc) is 2.67. The first kappa shape index (κ1) is 16.2. The molecule has 0 bridgehead atoms. The second-order valence-electron chi connectivity index (χ2n) is 7.27. The first-order chi connectivity index (χ1) is 12.2. The van der Waals surface area contributed by atoms with E-state index < -0.39 is 0 Å². The van der Waals surface area contributed by atoms with Gasteiger partial charge in [-0.25, -0.2) is 0 Å². The molecule has 132 valence electrons. The van der Waals surface area contributed by atoms with Crippen molar-refractivity contribution in [3.8, 4) is 11.5 Å². The Hall–Kier alpha value is -2.30. The van der Waals surface area contributed by atoms with Crippen molar-refractivity contribution in [1.82, 2.24) is 4.98 Å². The van der Waals surface area contributed by atoms with Crippen LogP contribution >= 0.6 is 0 Å². The Morgan fingerprint density at radius 1 is 1.24 bits per heavy atom. The Bertz CT molecular complexity index is 792. The molecule has 2 aromatic rings. The van der Waals surface area contributed by atoms with E-state index in [2.05, 4.69) is 11.1 Å². The lowest BCUT2D eigenvalue weighted by Gasteiger charge is -2.35. The van der Waals surface area contributed by atoms with E-state index in [1.165, 1.54) is 5.56 Å². The molecule has 1 aliphatic heterocycles. The number of methoxy groups -OCH3 is 1. The van der Waals surface area contributed by atoms with E-state index in [1.54, 1.807) is 7.11 Å². The van der Waals surface area contributed by atoms with E-state index in [-0.39, 0.29) is 11.8 Å². The summed E-state index contributed by atoms with van der Waals surface area (Å²) in [6, 6.07) is 5.99. The number of hydrogen-bond donors (Lipinski definition) is 1. The summed E-state index contributed by atoms with van der Waals surface area (Å²) >= 11 is 0. The fourth-order valence-electron chi connectivity index (χ4n) is 4.37. The van der Waals surface area contributed by atoms with Gasteiger partial charge in [0.15, 0.2) is 0 Å². The number of carbonyl (C=O) groups excluding carboxylic acids is 1. The number of nitrogens with two attached hydrogens (primary N) is 1. The van der Waals surface area contributed by atoms with Gasteiger partial charge in [-0.1, -0.05) is 0 Å². The number of hydrogen-bond acceptors (Lipinski definition) is 4. The third-order valence-corrected chi connectivity index (χ3v) is 5.91. The van der Waals surface area contributed by atoms with E-state index in [0.29, 0.717) is 11.8 Å². The number of fused-ring (bicyclic) bond motifs is 3. The molecule has 1 aromatic carbocycles. The summed E-state index contributed by atoms with van der Waals surface area (Å²) in [4.78, 5) is 15.9. The zero-order valence-corrected chi connectivity index (χ0v) is 14.5. The number of carbonyl (C=O) groups is 1. The maximum absolute atomic E-state index is 11.4. The third kappa shape index (κ3) is 3.03. The van der Waals surface area contributed by atoms with Gasteiger partial charge in [-0.15, -0.1) is 0 Å². The van der Waals surface area contributed by atoms with Crippen LogP contribution in [-0.2, 0) is 11.2 Å². The van der Waals surface area contributed by atoms with Gasteiger partial charge in [-0.05, 0) is 62.1 Å². The standard InChI is InChI=1S/C20H24N2O3/c1-24-15-6-7-18-16(9-15)17-8-14(11-25-19(17)10-22-18)12-2-4-13(5-3-12)20(21)23/h6-7,9-10,12-14H,2-5,8,11H2,1H3,(H2,21,23). The van der Waals surface area contributed by atoms with Crippen LogP contribution in [0.5, 0.6) is 11.5 Å². The average molecular weight is 340 g/mol. The van der Waals surface area contributed by atoms with Crippen molar-refractivity contribution in [3.05, 3.63) is 30.0 Å². The highest BCUT2D eigenvalue weighted by Gasteiger charge is 2.33. The summed E-state index contributed by atoms with van der Waals surface area (Å²) in [7, 11) is 1.68. The summed E-state index contributed by atoms with van der Waals surface area (Å²) < 4.78 is 11.4. The van der Waals surface area contributed by atoms with Crippen LogP contribution in [-0.4, -0.2) is 24.6 Å². The van der Waals surface area contributed by atoms with Crippen molar-refractivity contribution in [2.45, 2.75) is 32.1 Å². The molecule has 0 spiro atoms. The summed E-state index contributed by atoms with van der Waals surface area (Å²) in [6.45, 7) is 0.732. The van der Waals surface area contributed by atoms with Gasteiger partial charge in [-0.2, -0.15) is 0 Å². The monoisotopic (exact) mass is 340 g/mol. The zero-order valence-electron chi connectivity index (χ0n) is 14.5. The van der Waals surface area contributed by atoms with Crippen molar-refractivity contribution in [1.29, 1.82) is 0 Å². The van der Waals surface area contributed by atoms with Crippen molar-refractivity contribution in [3.63, 3.8) is 0 Å². The van der Waals surface area contributed by atoms with Crippen molar-refractivity contribution in [2.75, 3.05) is 13.7 Å². The number of ether oxygens (including phenoxy) is 2. The molecule has 1 unspecified atom stereocenters. The van der Waals surface area contributed by atoms with Gasteiger partial charge in [0.1, 0.15) is 11.5 Å². The maximum atomic E-state index is 11.4. The van der Waals surface area contributed by atoms with E-state index >= 15 is 0 Å². The van der Waals surface area contributed by atoms with Crippen molar-refractivity contribution >= 4 is 16.8 Å². The predicted octanol–water partition coefficient (Wildman–Crippen LogP) is 3.09. The lowest BCUT2D eigenvalue weighted by atomic mass is 9.73. The summed E-state index contributed by atoms with van der Waals surface area (Å²) in [6.07, 6.45) is 6.77. The van der Waals surface area contributed by atoms with Gasteiger partial charge in [0.2, 0.25) is 5.91 Å². The highest BCUT2D eigenvalue weighted by atomic mass is 16.5. The lowest BCUT2D eigenvalue weighted by Crippen LogP contribution is -2.34. The molecular formula is C20H24N2O3. The highest BCUT2D eigenvalue weighted by Crippen LogP contribution is 2.40. The number of rotatable bonds is 3. The molecule has 1 saturated carbocycles. The SMILES string of the molecule is COc1ccc2ncc3c(c2c1)CC(C1CCC(C(N)=O)CC1)CO3. The number of pyridine rings is 1. The van der Waals surface area contributed by atoms with Gasteiger partial charge in [-0.3, -0.25) is 9.78 Å². The van der Waals surface area contributed by atoms with E-state index in [9.17, 15) is 4.79 Å². The van der Waals surface area contributed by atoms with Gasteiger partial charge in [0.05, 0.1) is 25.4 Å². The molecule has 1 aliphatic carbocycles. The normalized spacial score (nSPS) is 25.9. The fourth-order valence-corrected chi connectivity index (χ4v) is 4.37. The van der Waals surface area contributed by atoms with Crippen LogP contribution in [0.4, 0.5) is 0 Å². The zero-order chi connectivity index (χ0) is 17.4. The van der Waals surface area contributed by atoms with Crippen LogP contribution in [0.3, 0.4) is 0 Å². The smallest absolute Gasteiger partial charge is 0.220 e. The molecule has 5 nitrogen and oxygen atoms in total. The number of aromatic nitrogens is 1. The topological polar surface area (TPSA) is 74.4 Å². The first-order valence-electron chi connectivity index (χ1n) is 9.03. The Kier molecular flexibility index (Phi) is 4.24. The molecule has 1 amide bonds. The second-order valence-corrected chi connectivity index (χ2v) is 7.27. The Morgan fingerprint density at radius 3 is 2.76 bits per heavy atom. The molecule has 4 rings (SSSR count). The number of amides is 1. The minimum atomic E-state index is -0.146. The van der Waals surface area contributed by atoms with Gasteiger partial charge < -0.3 is 15.2 Å². The number of nitrogens with zero attached hydrogens (tertiary/aromatic N) is 1. The molecule has 1 atom stereocenters. The maximum Gasteiger partial charge on any atom is 0.220 e. The minimum Gasteiger partial charge on any atom is -0.497 e. The largest absolute Gasteiger partial charge is 0.497 e. The number of primary amides is 1. The summed E-state index contributed by atoms with van der Waals surface area (Å²) in [5.74, 6) is 2.72. The fraction of sp³-hybridized carbons (Fsp3) is 0.500. The van der Waals surface area contributed by atoms with Crippen LogP contribution in [0.25, 0.3) is 10.9 Å². The molecule has 2 N–H and O–H groups in total. The quantitative estimate of drug-likeness (QED) is 0.932. The Balaban J connectivity index is 1.58. The van der Waals surface area contributed by atoms with Crippen LogP contribution in [0.15, 0.2) is 24.4 Å². The molecule has 1 fully saturated rings. The molecule has 0 radical (unpaired) electrons. The molecule has 2 heterocycles. The van der Waals surface area contributed by atoms with E-state index in [1.807, 2.05) is 18.3 Å².